The largest absolute Gasteiger partial charge is 0.388 e. The van der Waals surface area contributed by atoms with E-state index in [1.165, 1.54) is 12.8 Å². The highest BCUT2D eigenvalue weighted by Crippen LogP contribution is 2.24. The maximum absolute atomic E-state index is 12.5. The van der Waals surface area contributed by atoms with Crippen LogP contribution in [0.15, 0.2) is 18.2 Å². The number of nitrogens with zero attached hydrogens (tertiary/aromatic N) is 1. The van der Waals surface area contributed by atoms with Crippen LogP contribution in [0.2, 0.25) is 0 Å². The number of anilines is 1. The Hall–Kier alpha value is -1.51. The Kier molecular flexibility index (Phi) is 5.05. The molecular formula is C17H26N2O. The Labute approximate surface area is 122 Å². The molecule has 0 unspecified atom stereocenters. The van der Waals surface area contributed by atoms with Crippen molar-refractivity contribution in [3.05, 3.63) is 29.3 Å². The number of likely N-dealkylation sites (tertiary alicyclic amines) is 1. The molecule has 0 radical (unpaired) electrons. The molecule has 1 fully saturated rings. The predicted octanol–water partition coefficient (Wildman–Crippen LogP) is 3.69. The van der Waals surface area contributed by atoms with Crippen LogP contribution in [0.1, 0.15) is 48.5 Å². The average Bonchev–Trinajstić information content (AvgIpc) is 2.47. The van der Waals surface area contributed by atoms with Crippen molar-refractivity contribution >= 4 is 11.6 Å². The summed E-state index contributed by atoms with van der Waals surface area (Å²) in [5, 5.41) is 3.14. The van der Waals surface area contributed by atoms with Crippen LogP contribution in [0.4, 0.5) is 5.69 Å². The minimum absolute atomic E-state index is 0.186. The number of carbonyl (C=O) groups excluding carboxylic acids is 1. The molecule has 0 spiro atoms. The molecule has 20 heavy (non-hydrogen) atoms. The molecule has 1 aliphatic heterocycles. The second-order valence-electron chi connectivity index (χ2n) is 5.80. The van der Waals surface area contributed by atoms with Crippen molar-refractivity contribution in [1.29, 1.82) is 0 Å². The number of hydrogen-bond donors (Lipinski definition) is 1. The van der Waals surface area contributed by atoms with Gasteiger partial charge in [0.25, 0.3) is 5.91 Å². The zero-order chi connectivity index (χ0) is 14.5. The van der Waals surface area contributed by atoms with Crippen molar-refractivity contribution in [2.75, 3.05) is 25.5 Å². The highest BCUT2D eigenvalue weighted by Gasteiger charge is 2.23. The lowest BCUT2D eigenvalue weighted by molar-refractivity contribution is 0.0686. The Bertz CT molecular complexity index is 462. The first-order valence-corrected chi connectivity index (χ1v) is 7.73. The number of hydrogen-bond acceptors (Lipinski definition) is 2. The second-order valence-corrected chi connectivity index (χ2v) is 5.80. The summed E-state index contributed by atoms with van der Waals surface area (Å²) in [5.74, 6) is 1.00. The smallest absolute Gasteiger partial charge is 0.253 e. The van der Waals surface area contributed by atoms with Gasteiger partial charge in [-0.15, -0.1) is 0 Å². The Balaban J connectivity index is 2.00. The number of rotatable bonds is 4. The number of piperidine rings is 1. The summed E-state index contributed by atoms with van der Waals surface area (Å²) in [6.45, 7) is 6.10. The maximum atomic E-state index is 12.5. The zero-order valence-electron chi connectivity index (χ0n) is 12.9. The third-order valence-corrected chi connectivity index (χ3v) is 4.34. The highest BCUT2D eigenvalue weighted by atomic mass is 16.2. The Morgan fingerprint density at radius 1 is 1.35 bits per heavy atom. The second kappa shape index (κ2) is 6.78. The molecule has 1 aromatic carbocycles. The normalized spacial score (nSPS) is 16.2. The molecule has 1 heterocycles. The number of nitrogens with one attached hydrogen (secondary N) is 1. The fourth-order valence-corrected chi connectivity index (χ4v) is 3.09. The molecule has 1 aliphatic rings. The van der Waals surface area contributed by atoms with Gasteiger partial charge in [0, 0.05) is 31.4 Å². The summed E-state index contributed by atoms with van der Waals surface area (Å²) in [7, 11) is 1.91. The molecular weight excluding hydrogens is 248 g/mol. The van der Waals surface area contributed by atoms with Crippen LogP contribution in [0.3, 0.4) is 0 Å². The summed E-state index contributed by atoms with van der Waals surface area (Å²) in [5.41, 5.74) is 3.03. The quantitative estimate of drug-likeness (QED) is 0.908. The van der Waals surface area contributed by atoms with Crippen molar-refractivity contribution in [2.45, 2.75) is 39.5 Å². The van der Waals surface area contributed by atoms with E-state index in [1.54, 1.807) is 0 Å². The number of amides is 1. The van der Waals surface area contributed by atoms with Gasteiger partial charge < -0.3 is 10.2 Å². The molecule has 2 rings (SSSR count). The van der Waals surface area contributed by atoms with E-state index >= 15 is 0 Å². The standard InChI is InChI=1S/C17H26N2O/c1-4-5-14-8-10-19(11-9-14)17(20)15-6-7-16(18-3)13(2)12-15/h6-7,12,14,18H,4-5,8-11H2,1-3H3. The summed E-state index contributed by atoms with van der Waals surface area (Å²) in [6.07, 6.45) is 4.88. The first kappa shape index (κ1) is 14.9. The van der Waals surface area contributed by atoms with Crippen LogP contribution >= 0.6 is 0 Å². The van der Waals surface area contributed by atoms with E-state index in [0.717, 1.165) is 48.7 Å². The summed E-state index contributed by atoms with van der Waals surface area (Å²) in [6, 6.07) is 5.91. The van der Waals surface area contributed by atoms with Crippen molar-refractivity contribution in [3.8, 4) is 0 Å². The highest BCUT2D eigenvalue weighted by molar-refractivity contribution is 5.95. The van der Waals surface area contributed by atoms with Gasteiger partial charge in [0.2, 0.25) is 0 Å². The number of benzene rings is 1. The third-order valence-electron chi connectivity index (χ3n) is 4.34. The Morgan fingerprint density at radius 2 is 2.05 bits per heavy atom. The van der Waals surface area contributed by atoms with Crippen LogP contribution in [0, 0.1) is 12.8 Å². The van der Waals surface area contributed by atoms with E-state index in [4.69, 9.17) is 0 Å². The van der Waals surface area contributed by atoms with E-state index in [9.17, 15) is 4.79 Å². The van der Waals surface area contributed by atoms with Gasteiger partial charge in [0.15, 0.2) is 0 Å². The molecule has 0 bridgehead atoms. The number of carbonyl (C=O) groups is 1. The molecule has 0 aliphatic carbocycles. The predicted molar refractivity (Wildman–Crippen MR) is 84.3 cm³/mol. The number of aryl methyl sites for hydroxylation is 1. The fraction of sp³-hybridized carbons (Fsp3) is 0.588. The average molecular weight is 274 g/mol. The van der Waals surface area contributed by atoms with Crippen LogP contribution in [0.25, 0.3) is 0 Å². The first-order valence-electron chi connectivity index (χ1n) is 7.73. The summed E-state index contributed by atoms with van der Waals surface area (Å²) in [4.78, 5) is 14.5. The fourth-order valence-electron chi connectivity index (χ4n) is 3.09. The van der Waals surface area contributed by atoms with Gasteiger partial charge in [0.1, 0.15) is 0 Å². The van der Waals surface area contributed by atoms with Crippen LogP contribution in [-0.4, -0.2) is 30.9 Å². The monoisotopic (exact) mass is 274 g/mol. The van der Waals surface area contributed by atoms with Gasteiger partial charge in [-0.3, -0.25) is 4.79 Å². The molecule has 110 valence electrons. The lowest BCUT2D eigenvalue weighted by Crippen LogP contribution is -2.38. The van der Waals surface area contributed by atoms with Crippen LogP contribution < -0.4 is 5.32 Å². The molecule has 0 aromatic heterocycles. The third kappa shape index (κ3) is 3.33. The van der Waals surface area contributed by atoms with E-state index < -0.39 is 0 Å². The molecule has 0 saturated carbocycles. The van der Waals surface area contributed by atoms with E-state index in [0.29, 0.717) is 0 Å². The van der Waals surface area contributed by atoms with Gasteiger partial charge in [-0.25, -0.2) is 0 Å². The molecule has 1 N–H and O–H groups in total. The molecule has 1 saturated heterocycles. The van der Waals surface area contributed by atoms with Crippen molar-refractivity contribution < 1.29 is 4.79 Å². The van der Waals surface area contributed by atoms with Crippen LogP contribution in [-0.2, 0) is 0 Å². The van der Waals surface area contributed by atoms with E-state index in [1.807, 2.05) is 37.1 Å². The molecule has 1 aromatic rings. The lowest BCUT2D eigenvalue weighted by Gasteiger charge is -2.32. The van der Waals surface area contributed by atoms with Gasteiger partial charge in [0.05, 0.1) is 0 Å². The topological polar surface area (TPSA) is 32.3 Å². The van der Waals surface area contributed by atoms with E-state index in [-0.39, 0.29) is 5.91 Å². The van der Waals surface area contributed by atoms with Crippen molar-refractivity contribution in [2.24, 2.45) is 5.92 Å². The minimum atomic E-state index is 0.186. The molecule has 3 heteroatoms. The minimum Gasteiger partial charge on any atom is -0.388 e. The van der Waals surface area contributed by atoms with Crippen molar-refractivity contribution in [1.82, 2.24) is 4.90 Å². The van der Waals surface area contributed by atoms with E-state index in [2.05, 4.69) is 12.2 Å². The first-order chi connectivity index (χ1) is 9.65. The van der Waals surface area contributed by atoms with Gasteiger partial charge in [-0.05, 0) is 49.4 Å². The molecule has 3 nitrogen and oxygen atoms in total. The lowest BCUT2D eigenvalue weighted by atomic mass is 9.92. The van der Waals surface area contributed by atoms with Gasteiger partial charge >= 0.3 is 0 Å². The zero-order valence-corrected chi connectivity index (χ0v) is 12.9. The van der Waals surface area contributed by atoms with Crippen LogP contribution in [0.5, 0.6) is 0 Å². The van der Waals surface area contributed by atoms with Gasteiger partial charge in [-0.1, -0.05) is 19.8 Å². The molecule has 1 amide bonds. The Morgan fingerprint density at radius 3 is 2.60 bits per heavy atom. The SMILES string of the molecule is CCCC1CCN(C(=O)c2ccc(NC)c(C)c2)CC1. The van der Waals surface area contributed by atoms with Gasteiger partial charge in [-0.2, -0.15) is 0 Å². The maximum Gasteiger partial charge on any atom is 0.253 e. The summed E-state index contributed by atoms with van der Waals surface area (Å²) >= 11 is 0. The molecule has 0 atom stereocenters. The van der Waals surface area contributed by atoms with Crippen molar-refractivity contribution in [3.63, 3.8) is 0 Å². The summed E-state index contributed by atoms with van der Waals surface area (Å²) < 4.78 is 0.